The summed E-state index contributed by atoms with van der Waals surface area (Å²) in [6.07, 6.45) is 1.78. The molecule has 4 N–H and O–H groups in total. The molecule has 1 aliphatic rings. The minimum atomic E-state index is -0.433. The lowest BCUT2D eigenvalue weighted by atomic mass is 10.0. The number of nitrogens with one attached hydrogen (secondary N) is 2. The number of aromatic nitrogens is 1. The fraction of sp³-hybridized carbons (Fsp3) is 0.615. The Bertz CT molecular complexity index is 496. The van der Waals surface area contributed by atoms with Crippen molar-refractivity contribution in [3.05, 3.63) is 11.8 Å². The average molecular weight is 295 g/mol. The number of amides is 2. The first-order valence-corrected chi connectivity index (χ1v) is 7.01. The van der Waals surface area contributed by atoms with Gasteiger partial charge in [0.2, 0.25) is 17.7 Å². The fourth-order valence-corrected chi connectivity index (χ4v) is 2.47. The van der Waals surface area contributed by atoms with Gasteiger partial charge in [-0.1, -0.05) is 5.16 Å². The van der Waals surface area contributed by atoms with Gasteiger partial charge in [0.25, 0.3) is 0 Å². The van der Waals surface area contributed by atoms with Crippen molar-refractivity contribution in [2.45, 2.75) is 25.8 Å². The highest BCUT2D eigenvalue weighted by Gasteiger charge is 2.24. The molecule has 2 heterocycles. The maximum absolute atomic E-state index is 12.0. The number of hydrogen-bond donors (Lipinski definition) is 3. The van der Waals surface area contributed by atoms with E-state index in [4.69, 9.17) is 10.3 Å². The molecule has 0 atom stereocenters. The number of primary amides is 1. The van der Waals surface area contributed by atoms with Crippen molar-refractivity contribution in [3.63, 3.8) is 0 Å². The van der Waals surface area contributed by atoms with Gasteiger partial charge >= 0.3 is 0 Å². The summed E-state index contributed by atoms with van der Waals surface area (Å²) in [6, 6.07) is 1.82. The number of carbonyl (C=O) groups excluding carboxylic acids is 2. The highest BCUT2D eigenvalue weighted by atomic mass is 16.5. The van der Waals surface area contributed by atoms with E-state index in [9.17, 15) is 9.59 Å². The first-order chi connectivity index (χ1) is 10.0. The third-order valence-electron chi connectivity index (χ3n) is 3.42. The molecule has 116 valence electrons. The van der Waals surface area contributed by atoms with Crippen LogP contribution in [0.2, 0.25) is 0 Å². The van der Waals surface area contributed by atoms with E-state index in [1.54, 1.807) is 13.0 Å². The summed E-state index contributed by atoms with van der Waals surface area (Å²) in [7, 11) is 0. The van der Waals surface area contributed by atoms with Crippen LogP contribution in [0.1, 0.15) is 18.5 Å². The molecule has 1 aromatic heterocycles. The number of rotatable bonds is 6. The molecule has 1 saturated heterocycles. The summed E-state index contributed by atoms with van der Waals surface area (Å²) in [5.74, 6) is -0.371. The van der Waals surface area contributed by atoms with Crippen LogP contribution in [0, 0.1) is 6.92 Å². The van der Waals surface area contributed by atoms with Crippen LogP contribution in [0.3, 0.4) is 0 Å². The fourth-order valence-electron chi connectivity index (χ4n) is 2.47. The molecule has 2 amide bonds. The Kier molecular flexibility index (Phi) is 5.29. The molecular weight excluding hydrogens is 274 g/mol. The first kappa shape index (κ1) is 15.5. The van der Waals surface area contributed by atoms with Gasteiger partial charge in [0, 0.05) is 12.1 Å². The topological polar surface area (TPSA) is 113 Å². The Morgan fingerprint density at radius 1 is 1.48 bits per heavy atom. The third-order valence-corrected chi connectivity index (χ3v) is 3.42. The van der Waals surface area contributed by atoms with Gasteiger partial charge < -0.3 is 15.6 Å². The number of carbonyl (C=O) groups is 2. The van der Waals surface area contributed by atoms with E-state index in [0.29, 0.717) is 11.6 Å². The van der Waals surface area contributed by atoms with Crippen molar-refractivity contribution in [1.82, 2.24) is 15.4 Å². The molecular formula is C13H21N5O3. The first-order valence-electron chi connectivity index (χ1n) is 7.01. The third kappa shape index (κ3) is 4.83. The van der Waals surface area contributed by atoms with Crippen LogP contribution in [0.15, 0.2) is 10.6 Å². The van der Waals surface area contributed by atoms with Crippen LogP contribution in [0.25, 0.3) is 0 Å². The van der Waals surface area contributed by atoms with Crippen molar-refractivity contribution < 1.29 is 14.1 Å². The Morgan fingerprint density at radius 3 is 2.76 bits per heavy atom. The zero-order chi connectivity index (χ0) is 15.2. The van der Waals surface area contributed by atoms with E-state index in [2.05, 4.69) is 15.8 Å². The largest absolute Gasteiger partial charge is 0.369 e. The summed E-state index contributed by atoms with van der Waals surface area (Å²) in [5.41, 5.74) is 5.97. The molecule has 0 radical (unpaired) electrons. The predicted molar refractivity (Wildman–Crippen MR) is 76.5 cm³/mol. The highest BCUT2D eigenvalue weighted by Crippen LogP contribution is 2.13. The number of nitrogens with zero attached hydrogens (tertiary/aromatic N) is 2. The van der Waals surface area contributed by atoms with Crippen molar-refractivity contribution in [3.8, 4) is 0 Å². The summed E-state index contributed by atoms with van der Waals surface area (Å²) in [4.78, 5) is 25.1. The summed E-state index contributed by atoms with van der Waals surface area (Å²) < 4.78 is 4.94. The Balaban J connectivity index is 1.93. The second-order valence-electron chi connectivity index (χ2n) is 5.23. The van der Waals surface area contributed by atoms with Crippen molar-refractivity contribution in [1.29, 1.82) is 0 Å². The summed E-state index contributed by atoms with van der Waals surface area (Å²) in [5, 5.41) is 9.58. The number of nitrogens with two attached hydrogens (primary N) is 1. The van der Waals surface area contributed by atoms with Crippen LogP contribution in [-0.4, -0.2) is 54.1 Å². The van der Waals surface area contributed by atoms with Crippen LogP contribution >= 0.6 is 0 Å². The molecule has 0 aromatic carbocycles. The molecule has 0 bridgehead atoms. The van der Waals surface area contributed by atoms with Crippen molar-refractivity contribution in [2.24, 2.45) is 5.73 Å². The lowest BCUT2D eigenvalue weighted by Gasteiger charge is -2.33. The molecule has 1 aliphatic heterocycles. The van der Waals surface area contributed by atoms with Crippen molar-refractivity contribution in [2.75, 3.05) is 31.5 Å². The predicted octanol–water partition coefficient (Wildman–Crippen LogP) is -0.539. The van der Waals surface area contributed by atoms with Gasteiger partial charge in [0.1, 0.15) is 0 Å². The normalized spacial score (nSPS) is 16.1. The zero-order valence-electron chi connectivity index (χ0n) is 12.1. The lowest BCUT2D eigenvalue weighted by molar-refractivity contribution is -0.122. The van der Waals surface area contributed by atoms with E-state index in [0.717, 1.165) is 25.9 Å². The van der Waals surface area contributed by atoms with Crippen LogP contribution in [-0.2, 0) is 9.59 Å². The monoisotopic (exact) mass is 295 g/mol. The number of anilines is 1. The second-order valence-corrected chi connectivity index (χ2v) is 5.23. The Labute approximate surface area is 123 Å². The van der Waals surface area contributed by atoms with Gasteiger partial charge in [-0.05, 0) is 32.9 Å². The SMILES string of the molecule is Cc1cc(NC(=O)CN(CC(N)=O)C2CCNCC2)on1. The number of piperidine rings is 1. The Morgan fingerprint density at radius 2 is 2.19 bits per heavy atom. The zero-order valence-corrected chi connectivity index (χ0v) is 12.1. The molecule has 1 aromatic rings. The molecule has 1 fully saturated rings. The Hall–Kier alpha value is -1.93. The number of aryl methyl sites for hydroxylation is 1. The average Bonchev–Trinajstić information content (AvgIpc) is 2.83. The van der Waals surface area contributed by atoms with Crippen LogP contribution < -0.4 is 16.4 Å². The minimum absolute atomic E-state index is 0.0769. The molecule has 8 nitrogen and oxygen atoms in total. The maximum atomic E-state index is 12.0. The van der Waals surface area contributed by atoms with E-state index in [-0.39, 0.29) is 25.0 Å². The van der Waals surface area contributed by atoms with E-state index in [1.807, 2.05) is 4.90 Å². The van der Waals surface area contributed by atoms with E-state index in [1.165, 1.54) is 0 Å². The standard InChI is InChI=1S/C13H21N5O3/c1-9-6-13(21-17-9)16-12(20)8-18(7-11(14)19)10-2-4-15-5-3-10/h6,10,15H,2-5,7-8H2,1H3,(H2,14,19)(H,16,20). The molecule has 0 aliphatic carbocycles. The number of hydrogen-bond acceptors (Lipinski definition) is 6. The van der Waals surface area contributed by atoms with Gasteiger partial charge in [-0.15, -0.1) is 0 Å². The molecule has 0 unspecified atom stereocenters. The smallest absolute Gasteiger partial charge is 0.240 e. The highest BCUT2D eigenvalue weighted by molar-refractivity contribution is 5.91. The van der Waals surface area contributed by atoms with Gasteiger partial charge in [0.15, 0.2) is 0 Å². The quantitative estimate of drug-likeness (QED) is 0.649. The van der Waals surface area contributed by atoms with Gasteiger partial charge in [-0.3, -0.25) is 19.8 Å². The van der Waals surface area contributed by atoms with Gasteiger partial charge in [0.05, 0.1) is 18.8 Å². The van der Waals surface area contributed by atoms with Crippen LogP contribution in [0.4, 0.5) is 5.88 Å². The van der Waals surface area contributed by atoms with Gasteiger partial charge in [-0.25, -0.2) is 0 Å². The van der Waals surface area contributed by atoms with E-state index >= 15 is 0 Å². The molecule has 0 spiro atoms. The minimum Gasteiger partial charge on any atom is -0.369 e. The van der Waals surface area contributed by atoms with Crippen LogP contribution in [0.5, 0.6) is 0 Å². The molecule has 0 saturated carbocycles. The summed E-state index contributed by atoms with van der Waals surface area (Å²) in [6.45, 7) is 3.71. The second kappa shape index (κ2) is 7.19. The molecule has 21 heavy (non-hydrogen) atoms. The maximum Gasteiger partial charge on any atom is 0.240 e. The van der Waals surface area contributed by atoms with E-state index < -0.39 is 5.91 Å². The lowest BCUT2D eigenvalue weighted by Crippen LogP contribution is -2.49. The van der Waals surface area contributed by atoms with Crippen molar-refractivity contribution >= 4 is 17.7 Å². The van der Waals surface area contributed by atoms with Gasteiger partial charge in [-0.2, -0.15) is 0 Å². The molecule has 8 heteroatoms. The molecule has 2 rings (SSSR count). The summed E-state index contributed by atoms with van der Waals surface area (Å²) >= 11 is 0.